The van der Waals surface area contributed by atoms with Crippen LogP contribution in [-0.2, 0) is 6.54 Å². The minimum Gasteiger partial charge on any atom is -0.394 e. The molecule has 1 aromatic rings. The second-order valence-corrected chi connectivity index (χ2v) is 4.36. The van der Waals surface area contributed by atoms with Crippen LogP contribution >= 0.6 is 0 Å². The van der Waals surface area contributed by atoms with Crippen molar-refractivity contribution in [1.82, 2.24) is 4.57 Å². The summed E-state index contributed by atoms with van der Waals surface area (Å²) in [4.78, 5) is 11.7. The summed E-state index contributed by atoms with van der Waals surface area (Å²) in [7, 11) is 0. The number of unbranched alkanes of at least 4 members (excludes halogenated alkanes) is 1. The van der Waals surface area contributed by atoms with Crippen LogP contribution in [0, 0.1) is 0 Å². The number of nitrogens with zero attached hydrogens (tertiary/aromatic N) is 1. The lowest BCUT2D eigenvalue weighted by Gasteiger charge is -2.08. The molecule has 3 nitrogen and oxygen atoms in total. The van der Waals surface area contributed by atoms with Crippen molar-refractivity contribution in [3.8, 4) is 0 Å². The first-order valence-electron chi connectivity index (χ1n) is 5.72. The van der Waals surface area contributed by atoms with Crippen LogP contribution < -0.4 is 11.3 Å². The fourth-order valence-electron chi connectivity index (χ4n) is 1.82. The zero-order valence-corrected chi connectivity index (χ0v) is 9.20. The van der Waals surface area contributed by atoms with E-state index in [1.165, 1.54) is 18.4 Å². The Balaban J connectivity index is 2.29. The van der Waals surface area contributed by atoms with Gasteiger partial charge in [-0.15, -0.1) is 0 Å². The monoisotopic (exact) mass is 206 g/mol. The van der Waals surface area contributed by atoms with Crippen LogP contribution in [0.2, 0.25) is 0 Å². The average Bonchev–Trinajstić information content (AvgIpc) is 3.03. The first-order valence-corrected chi connectivity index (χ1v) is 5.72. The van der Waals surface area contributed by atoms with Crippen molar-refractivity contribution in [3.63, 3.8) is 0 Å². The molecule has 1 heterocycles. The Hall–Kier alpha value is -1.25. The minimum absolute atomic E-state index is 0.0344. The molecule has 82 valence electrons. The highest BCUT2D eigenvalue weighted by molar-refractivity contribution is 5.40. The summed E-state index contributed by atoms with van der Waals surface area (Å²) in [6.07, 6.45) is 6.61. The van der Waals surface area contributed by atoms with E-state index in [2.05, 4.69) is 6.92 Å². The lowest BCUT2D eigenvalue weighted by Crippen LogP contribution is -2.23. The third-order valence-corrected chi connectivity index (χ3v) is 2.94. The predicted octanol–water partition coefficient (Wildman–Crippen LogP) is 2.11. The second kappa shape index (κ2) is 4.09. The molecule has 0 atom stereocenters. The van der Waals surface area contributed by atoms with Crippen LogP contribution in [0.5, 0.6) is 0 Å². The van der Waals surface area contributed by atoms with Gasteiger partial charge in [-0.1, -0.05) is 13.3 Å². The van der Waals surface area contributed by atoms with Crippen LogP contribution in [-0.4, -0.2) is 4.57 Å². The molecule has 2 N–H and O–H groups in total. The maximum absolute atomic E-state index is 11.7. The molecule has 0 aromatic carbocycles. The first-order chi connectivity index (χ1) is 7.22. The number of aromatic nitrogens is 1. The van der Waals surface area contributed by atoms with E-state index >= 15 is 0 Å². The number of nitrogens with two attached hydrogens (primary N) is 1. The van der Waals surface area contributed by atoms with Gasteiger partial charge in [-0.25, -0.2) is 0 Å². The molecule has 2 rings (SSSR count). The van der Waals surface area contributed by atoms with Gasteiger partial charge >= 0.3 is 0 Å². The maximum Gasteiger partial charge on any atom is 0.273 e. The van der Waals surface area contributed by atoms with Gasteiger partial charge in [-0.05, 0) is 36.8 Å². The van der Waals surface area contributed by atoms with Gasteiger partial charge in [0.05, 0.1) is 5.69 Å². The fourth-order valence-corrected chi connectivity index (χ4v) is 1.82. The molecular weight excluding hydrogens is 188 g/mol. The summed E-state index contributed by atoms with van der Waals surface area (Å²) in [5.41, 5.74) is 7.33. The van der Waals surface area contributed by atoms with Crippen molar-refractivity contribution in [2.75, 3.05) is 5.73 Å². The summed E-state index contributed by atoms with van der Waals surface area (Å²) in [5.74, 6) is 0.653. The summed E-state index contributed by atoms with van der Waals surface area (Å²) in [6.45, 7) is 2.92. The number of rotatable bonds is 4. The van der Waals surface area contributed by atoms with E-state index in [-0.39, 0.29) is 5.56 Å². The molecule has 1 aromatic heterocycles. The molecule has 0 bridgehead atoms. The third kappa shape index (κ3) is 2.22. The Kier molecular flexibility index (Phi) is 2.80. The summed E-state index contributed by atoms with van der Waals surface area (Å²) < 4.78 is 1.77. The standard InChI is InChI=1S/C12H18N2O/c1-2-3-6-14-8-10(9-4-5-9)7-11(13)12(14)15/h7-9H,2-6,13H2,1H3. The molecule has 0 unspecified atom stereocenters. The molecule has 1 aliphatic carbocycles. The summed E-state index contributed by atoms with van der Waals surface area (Å²) in [6, 6.07) is 1.85. The van der Waals surface area contributed by atoms with Crippen LogP contribution in [0.4, 0.5) is 5.69 Å². The molecule has 1 saturated carbocycles. The van der Waals surface area contributed by atoms with Crippen LogP contribution in [0.3, 0.4) is 0 Å². The Labute approximate surface area is 89.9 Å². The van der Waals surface area contributed by atoms with Gasteiger partial charge in [-0.3, -0.25) is 4.79 Å². The maximum atomic E-state index is 11.7. The third-order valence-electron chi connectivity index (χ3n) is 2.94. The number of hydrogen-bond acceptors (Lipinski definition) is 2. The molecule has 1 fully saturated rings. The number of aryl methyl sites for hydroxylation is 1. The summed E-state index contributed by atoms with van der Waals surface area (Å²) in [5, 5.41) is 0. The molecule has 0 aliphatic heterocycles. The van der Waals surface area contributed by atoms with Gasteiger partial charge in [0, 0.05) is 12.7 Å². The van der Waals surface area contributed by atoms with Gasteiger partial charge in [0.1, 0.15) is 0 Å². The van der Waals surface area contributed by atoms with Crippen molar-refractivity contribution >= 4 is 5.69 Å². The largest absolute Gasteiger partial charge is 0.394 e. The fraction of sp³-hybridized carbons (Fsp3) is 0.583. The zero-order chi connectivity index (χ0) is 10.8. The highest BCUT2D eigenvalue weighted by Crippen LogP contribution is 2.39. The van der Waals surface area contributed by atoms with Crippen molar-refractivity contribution in [2.24, 2.45) is 0 Å². The van der Waals surface area contributed by atoms with Crippen LogP contribution in [0.15, 0.2) is 17.1 Å². The Morgan fingerprint density at radius 1 is 1.53 bits per heavy atom. The van der Waals surface area contributed by atoms with Crippen molar-refractivity contribution in [3.05, 3.63) is 28.2 Å². The lowest BCUT2D eigenvalue weighted by molar-refractivity contribution is 0.611. The van der Waals surface area contributed by atoms with E-state index in [1.807, 2.05) is 12.3 Å². The SMILES string of the molecule is CCCCn1cc(C2CC2)cc(N)c1=O. The predicted molar refractivity (Wildman–Crippen MR) is 62.0 cm³/mol. The van der Waals surface area contributed by atoms with Gasteiger partial charge in [0.2, 0.25) is 0 Å². The highest BCUT2D eigenvalue weighted by atomic mass is 16.1. The van der Waals surface area contributed by atoms with E-state index in [0.717, 1.165) is 19.4 Å². The van der Waals surface area contributed by atoms with Crippen molar-refractivity contribution in [1.29, 1.82) is 0 Å². The zero-order valence-electron chi connectivity index (χ0n) is 9.20. The molecule has 15 heavy (non-hydrogen) atoms. The number of hydrogen-bond donors (Lipinski definition) is 1. The van der Waals surface area contributed by atoms with Crippen molar-refractivity contribution < 1.29 is 0 Å². The lowest BCUT2D eigenvalue weighted by atomic mass is 10.2. The molecule has 1 aliphatic rings. The highest BCUT2D eigenvalue weighted by Gasteiger charge is 2.24. The average molecular weight is 206 g/mol. The quantitative estimate of drug-likeness (QED) is 0.820. The second-order valence-electron chi connectivity index (χ2n) is 4.36. The van der Waals surface area contributed by atoms with Crippen LogP contribution in [0.25, 0.3) is 0 Å². The Morgan fingerprint density at radius 3 is 2.87 bits per heavy atom. The molecule has 0 spiro atoms. The van der Waals surface area contributed by atoms with Crippen molar-refractivity contribution in [2.45, 2.75) is 45.1 Å². The van der Waals surface area contributed by atoms with Crippen LogP contribution in [0.1, 0.15) is 44.1 Å². The molecular formula is C12H18N2O. The Morgan fingerprint density at radius 2 is 2.27 bits per heavy atom. The number of anilines is 1. The molecule has 0 amide bonds. The number of nitrogen functional groups attached to an aromatic ring is 1. The molecule has 0 radical (unpaired) electrons. The van der Waals surface area contributed by atoms with Gasteiger partial charge in [0.15, 0.2) is 0 Å². The number of pyridine rings is 1. The Bertz CT molecular complexity index is 405. The molecule has 3 heteroatoms. The minimum atomic E-state index is -0.0344. The van der Waals surface area contributed by atoms with E-state index in [4.69, 9.17) is 5.73 Å². The smallest absolute Gasteiger partial charge is 0.273 e. The van der Waals surface area contributed by atoms with E-state index < -0.39 is 0 Å². The van der Waals surface area contributed by atoms with Gasteiger partial charge in [-0.2, -0.15) is 0 Å². The van der Waals surface area contributed by atoms with E-state index in [0.29, 0.717) is 11.6 Å². The topological polar surface area (TPSA) is 48.0 Å². The van der Waals surface area contributed by atoms with E-state index in [1.54, 1.807) is 4.57 Å². The van der Waals surface area contributed by atoms with E-state index in [9.17, 15) is 4.79 Å². The first kappa shape index (κ1) is 10.3. The summed E-state index contributed by atoms with van der Waals surface area (Å²) >= 11 is 0. The van der Waals surface area contributed by atoms with Gasteiger partial charge in [0.25, 0.3) is 5.56 Å². The molecule has 0 saturated heterocycles. The van der Waals surface area contributed by atoms with Gasteiger partial charge < -0.3 is 10.3 Å². The normalized spacial score (nSPS) is 15.5.